The van der Waals surface area contributed by atoms with Crippen molar-refractivity contribution in [3.8, 4) is 0 Å². The van der Waals surface area contributed by atoms with Gasteiger partial charge in [-0.3, -0.25) is 19.7 Å². The molecule has 0 aliphatic carbocycles. The van der Waals surface area contributed by atoms with Crippen LogP contribution in [0.3, 0.4) is 0 Å². The fourth-order valence-corrected chi connectivity index (χ4v) is 3.62. The first kappa shape index (κ1) is 22.4. The summed E-state index contributed by atoms with van der Waals surface area (Å²) in [6, 6.07) is 8.21. The minimum absolute atomic E-state index is 0.0574. The Labute approximate surface area is 173 Å². The quantitative estimate of drug-likeness (QED) is 0.498. The van der Waals surface area contributed by atoms with Gasteiger partial charge in [0.25, 0.3) is 5.69 Å². The second-order valence-electron chi connectivity index (χ2n) is 7.01. The Morgan fingerprint density at radius 1 is 1.14 bits per heavy atom. The zero-order valence-electron chi connectivity index (χ0n) is 16.8. The van der Waals surface area contributed by atoms with Gasteiger partial charge in [0.2, 0.25) is 11.8 Å². The molecule has 1 aromatic carbocycles. The zero-order chi connectivity index (χ0) is 21.6. The molecule has 29 heavy (non-hydrogen) atoms. The Balaban J connectivity index is 2.03. The van der Waals surface area contributed by atoms with Gasteiger partial charge in [0, 0.05) is 12.3 Å². The number of pyridine rings is 1. The van der Waals surface area contributed by atoms with Crippen molar-refractivity contribution >= 4 is 40.8 Å². The number of benzene rings is 1. The molecule has 2 amide bonds. The minimum atomic E-state index is -0.549. The molecule has 0 bridgehead atoms. The number of carbonyl (C=O) groups is 2. The van der Waals surface area contributed by atoms with Crippen LogP contribution in [0.2, 0.25) is 0 Å². The number of nitro groups is 1. The molecule has 0 aliphatic heterocycles. The van der Waals surface area contributed by atoms with Crippen LogP contribution in [0.5, 0.6) is 0 Å². The first-order chi connectivity index (χ1) is 13.7. The molecule has 8 nitrogen and oxygen atoms in total. The molecule has 9 heteroatoms. The van der Waals surface area contributed by atoms with Gasteiger partial charge in [0.15, 0.2) is 0 Å². The molecule has 154 valence electrons. The highest BCUT2D eigenvalue weighted by Crippen LogP contribution is 2.28. The summed E-state index contributed by atoms with van der Waals surface area (Å²) in [7, 11) is 0. The Hall–Kier alpha value is -2.94. The van der Waals surface area contributed by atoms with Gasteiger partial charge in [-0.1, -0.05) is 19.9 Å². The molecule has 0 saturated heterocycles. The number of hydrogen-bond donors (Lipinski definition) is 2. The number of nitrogens with one attached hydrogen (secondary N) is 2. The van der Waals surface area contributed by atoms with E-state index in [4.69, 9.17) is 0 Å². The van der Waals surface area contributed by atoms with Crippen LogP contribution in [0.4, 0.5) is 17.2 Å². The van der Waals surface area contributed by atoms with E-state index in [1.165, 1.54) is 23.9 Å². The van der Waals surface area contributed by atoms with Crippen molar-refractivity contribution in [1.29, 1.82) is 0 Å². The molecule has 0 fully saturated rings. The predicted octanol–water partition coefficient (Wildman–Crippen LogP) is 3.94. The van der Waals surface area contributed by atoms with E-state index in [1.807, 2.05) is 26.8 Å². The van der Waals surface area contributed by atoms with Gasteiger partial charge in [0.1, 0.15) is 11.5 Å². The van der Waals surface area contributed by atoms with E-state index in [1.54, 1.807) is 25.3 Å². The van der Waals surface area contributed by atoms with Gasteiger partial charge in [-0.2, -0.15) is 0 Å². The highest BCUT2D eigenvalue weighted by molar-refractivity contribution is 8.01. The first-order valence-corrected chi connectivity index (χ1v) is 10.1. The largest absolute Gasteiger partial charge is 0.319 e. The standard InChI is InChI=1S/C20H24N4O4S/c1-12(2)19(29-11-18(25)23-17-10-14(4)7-8-21-17)20(26)22-15-6-5-13(3)9-16(15)24(27)28/h5-10,12,19H,11H2,1-4H3,(H,22,26)(H,21,23,25). The van der Waals surface area contributed by atoms with Crippen LogP contribution >= 0.6 is 11.8 Å². The second-order valence-corrected chi connectivity index (χ2v) is 8.14. The van der Waals surface area contributed by atoms with Crippen LogP contribution in [0.25, 0.3) is 0 Å². The summed E-state index contributed by atoms with van der Waals surface area (Å²) >= 11 is 1.18. The Morgan fingerprint density at radius 2 is 1.83 bits per heavy atom. The molecule has 0 radical (unpaired) electrons. The highest BCUT2D eigenvalue weighted by Gasteiger charge is 2.26. The average Bonchev–Trinajstić information content (AvgIpc) is 2.62. The van der Waals surface area contributed by atoms with Crippen LogP contribution in [-0.2, 0) is 9.59 Å². The van der Waals surface area contributed by atoms with Gasteiger partial charge in [-0.05, 0) is 49.1 Å². The third kappa shape index (κ3) is 6.56. The molecule has 0 spiro atoms. The summed E-state index contributed by atoms with van der Waals surface area (Å²) in [5, 5.41) is 16.1. The molecule has 0 saturated carbocycles. The second kappa shape index (κ2) is 10.0. The topological polar surface area (TPSA) is 114 Å². The number of thioether (sulfide) groups is 1. The van der Waals surface area contributed by atoms with E-state index in [0.29, 0.717) is 5.82 Å². The SMILES string of the molecule is Cc1ccnc(NC(=O)CSC(C(=O)Nc2ccc(C)cc2[N+](=O)[O-])C(C)C)c1. The van der Waals surface area contributed by atoms with E-state index < -0.39 is 10.2 Å². The Morgan fingerprint density at radius 3 is 2.45 bits per heavy atom. The number of anilines is 2. The zero-order valence-corrected chi connectivity index (χ0v) is 17.6. The van der Waals surface area contributed by atoms with Gasteiger partial charge in [0.05, 0.1) is 15.9 Å². The van der Waals surface area contributed by atoms with Gasteiger partial charge >= 0.3 is 0 Å². The van der Waals surface area contributed by atoms with Gasteiger partial charge in [-0.15, -0.1) is 11.8 Å². The summed E-state index contributed by atoms with van der Waals surface area (Å²) in [6.45, 7) is 7.37. The maximum atomic E-state index is 12.7. The van der Waals surface area contributed by atoms with E-state index in [0.717, 1.165) is 11.1 Å². The van der Waals surface area contributed by atoms with Crippen LogP contribution < -0.4 is 10.6 Å². The summed E-state index contributed by atoms with van der Waals surface area (Å²) < 4.78 is 0. The fraction of sp³-hybridized carbons (Fsp3) is 0.350. The first-order valence-electron chi connectivity index (χ1n) is 9.07. The number of nitro benzene ring substituents is 1. The third-order valence-electron chi connectivity index (χ3n) is 4.05. The molecule has 2 N–H and O–H groups in total. The molecule has 2 rings (SSSR count). The van der Waals surface area contributed by atoms with Crippen molar-refractivity contribution in [2.45, 2.75) is 32.9 Å². The smallest absolute Gasteiger partial charge is 0.293 e. The predicted molar refractivity (Wildman–Crippen MR) is 115 cm³/mol. The lowest BCUT2D eigenvalue weighted by Crippen LogP contribution is -2.31. The van der Waals surface area contributed by atoms with Crippen molar-refractivity contribution in [3.05, 3.63) is 57.8 Å². The molecule has 1 heterocycles. The number of amides is 2. The number of rotatable bonds is 8. The van der Waals surface area contributed by atoms with Gasteiger partial charge < -0.3 is 10.6 Å². The maximum absolute atomic E-state index is 12.7. The van der Waals surface area contributed by atoms with Crippen LogP contribution in [-0.4, -0.2) is 32.7 Å². The number of carbonyl (C=O) groups excluding carboxylic acids is 2. The number of aromatic nitrogens is 1. The van der Waals surface area contributed by atoms with E-state index in [9.17, 15) is 19.7 Å². The Bertz CT molecular complexity index is 917. The lowest BCUT2D eigenvalue weighted by molar-refractivity contribution is -0.384. The normalized spacial score (nSPS) is 11.8. The van der Waals surface area contributed by atoms with Crippen LogP contribution in [0, 0.1) is 29.9 Å². The summed E-state index contributed by atoms with van der Waals surface area (Å²) in [5.74, 6) is -0.209. The van der Waals surface area contributed by atoms with Crippen molar-refractivity contribution in [2.75, 3.05) is 16.4 Å². The molecule has 2 aromatic rings. The fourth-order valence-electron chi connectivity index (χ4n) is 2.62. The van der Waals surface area contributed by atoms with E-state index >= 15 is 0 Å². The number of hydrogen-bond acceptors (Lipinski definition) is 6. The number of aryl methyl sites for hydroxylation is 2. The van der Waals surface area contributed by atoms with Crippen molar-refractivity contribution in [3.63, 3.8) is 0 Å². The van der Waals surface area contributed by atoms with E-state index in [2.05, 4.69) is 15.6 Å². The number of nitrogens with zero attached hydrogens (tertiary/aromatic N) is 2. The van der Waals surface area contributed by atoms with Crippen LogP contribution in [0.15, 0.2) is 36.5 Å². The van der Waals surface area contributed by atoms with Crippen LogP contribution in [0.1, 0.15) is 25.0 Å². The van der Waals surface area contributed by atoms with Gasteiger partial charge in [-0.25, -0.2) is 4.98 Å². The molecule has 0 aliphatic rings. The molecule has 1 aromatic heterocycles. The monoisotopic (exact) mass is 416 g/mol. The molecule has 1 atom stereocenters. The summed E-state index contributed by atoms with van der Waals surface area (Å²) in [4.78, 5) is 39.8. The minimum Gasteiger partial charge on any atom is -0.319 e. The Kier molecular flexibility index (Phi) is 7.72. The average molecular weight is 417 g/mol. The summed E-state index contributed by atoms with van der Waals surface area (Å²) in [5.41, 5.74) is 1.69. The molecule has 1 unspecified atom stereocenters. The van der Waals surface area contributed by atoms with Crippen molar-refractivity contribution in [2.24, 2.45) is 5.92 Å². The van der Waals surface area contributed by atoms with Crippen molar-refractivity contribution < 1.29 is 14.5 Å². The maximum Gasteiger partial charge on any atom is 0.293 e. The summed E-state index contributed by atoms with van der Waals surface area (Å²) in [6.07, 6.45) is 1.61. The lowest BCUT2D eigenvalue weighted by atomic mass is 10.1. The third-order valence-corrected chi connectivity index (χ3v) is 5.60. The van der Waals surface area contributed by atoms with Crippen molar-refractivity contribution in [1.82, 2.24) is 4.98 Å². The highest BCUT2D eigenvalue weighted by atomic mass is 32.2. The molecular formula is C20H24N4O4S. The lowest BCUT2D eigenvalue weighted by Gasteiger charge is -2.19. The molecular weight excluding hydrogens is 392 g/mol. The van der Waals surface area contributed by atoms with E-state index in [-0.39, 0.29) is 34.9 Å².